The number of hydrogen-bond donors (Lipinski definition) is 6. The molecule has 158 valence electrons. The highest BCUT2D eigenvalue weighted by atomic mass is 16.4. The predicted octanol–water partition coefficient (Wildman–Crippen LogP) is 0.639. The SMILES string of the molecule is CCCCCC(=O)N[C@H](C(=O)O)C(C)C.NC(=O)NCCC[C@H](N)C(=O)O. The molecule has 0 saturated heterocycles. The summed E-state index contributed by atoms with van der Waals surface area (Å²) in [5.74, 6) is -2.25. The van der Waals surface area contributed by atoms with E-state index in [1.165, 1.54) is 0 Å². The number of urea groups is 1. The van der Waals surface area contributed by atoms with E-state index >= 15 is 0 Å². The molecule has 0 bridgehead atoms. The molecule has 0 aromatic rings. The van der Waals surface area contributed by atoms with Crippen molar-refractivity contribution in [2.45, 2.75) is 71.4 Å². The lowest BCUT2D eigenvalue weighted by Crippen LogP contribution is -2.44. The molecule has 0 aliphatic carbocycles. The van der Waals surface area contributed by atoms with E-state index in [0.29, 0.717) is 25.8 Å². The Morgan fingerprint density at radius 3 is 2.00 bits per heavy atom. The number of hydrogen-bond acceptors (Lipinski definition) is 5. The monoisotopic (exact) mass is 390 g/mol. The van der Waals surface area contributed by atoms with Crippen molar-refractivity contribution in [2.75, 3.05) is 6.54 Å². The smallest absolute Gasteiger partial charge is 0.326 e. The van der Waals surface area contributed by atoms with Crippen LogP contribution in [0.1, 0.15) is 59.3 Å². The summed E-state index contributed by atoms with van der Waals surface area (Å²) >= 11 is 0. The minimum atomic E-state index is -1.03. The number of amides is 3. The topological polar surface area (TPSA) is 185 Å². The largest absolute Gasteiger partial charge is 0.480 e. The van der Waals surface area contributed by atoms with Crippen LogP contribution in [0.4, 0.5) is 4.79 Å². The van der Waals surface area contributed by atoms with Crippen molar-refractivity contribution < 1.29 is 29.4 Å². The summed E-state index contributed by atoms with van der Waals surface area (Å²) in [7, 11) is 0. The van der Waals surface area contributed by atoms with E-state index in [1.54, 1.807) is 13.8 Å². The standard InChI is InChI=1S/C11H21NO3.C6H13N3O3/c1-4-5-6-7-9(13)12-10(8(2)3)11(14)15;7-4(5(10)11)2-1-3-9-6(8)12/h8,10H,4-7H2,1-3H3,(H,12,13)(H,14,15);4H,1-3,7H2,(H,10,11)(H3,8,9,12)/t10-;4-/m00/s1. The van der Waals surface area contributed by atoms with Crippen LogP contribution >= 0.6 is 0 Å². The van der Waals surface area contributed by atoms with Gasteiger partial charge in [0.1, 0.15) is 12.1 Å². The van der Waals surface area contributed by atoms with Crippen LogP contribution < -0.4 is 22.1 Å². The van der Waals surface area contributed by atoms with Gasteiger partial charge in [0.15, 0.2) is 0 Å². The number of carbonyl (C=O) groups excluding carboxylic acids is 2. The van der Waals surface area contributed by atoms with Crippen LogP contribution in [-0.2, 0) is 14.4 Å². The zero-order chi connectivity index (χ0) is 21.4. The maximum atomic E-state index is 11.4. The van der Waals surface area contributed by atoms with Crippen molar-refractivity contribution >= 4 is 23.9 Å². The molecule has 8 N–H and O–H groups in total. The number of rotatable bonds is 12. The molecule has 10 nitrogen and oxygen atoms in total. The maximum Gasteiger partial charge on any atom is 0.326 e. The molecule has 0 aliphatic heterocycles. The highest BCUT2D eigenvalue weighted by Gasteiger charge is 2.22. The third-order valence-electron chi connectivity index (χ3n) is 3.56. The van der Waals surface area contributed by atoms with Crippen LogP contribution in [0.2, 0.25) is 0 Å². The molecule has 0 heterocycles. The fourth-order valence-electron chi connectivity index (χ4n) is 1.95. The summed E-state index contributed by atoms with van der Waals surface area (Å²) in [6.45, 7) is 5.98. The molecular weight excluding hydrogens is 356 g/mol. The van der Waals surface area contributed by atoms with Crippen LogP contribution in [0.3, 0.4) is 0 Å². The first kappa shape index (κ1) is 26.9. The van der Waals surface area contributed by atoms with Gasteiger partial charge in [-0.15, -0.1) is 0 Å². The van der Waals surface area contributed by atoms with Gasteiger partial charge in [0.2, 0.25) is 5.91 Å². The average Bonchev–Trinajstić information content (AvgIpc) is 2.56. The molecule has 0 rings (SSSR count). The first-order valence-corrected chi connectivity index (χ1v) is 9.06. The zero-order valence-corrected chi connectivity index (χ0v) is 16.4. The number of primary amides is 1. The number of carboxylic acids is 2. The van der Waals surface area contributed by atoms with Gasteiger partial charge in [-0.2, -0.15) is 0 Å². The highest BCUT2D eigenvalue weighted by molar-refractivity contribution is 5.83. The predicted molar refractivity (Wildman–Crippen MR) is 101 cm³/mol. The first-order valence-electron chi connectivity index (χ1n) is 9.06. The summed E-state index contributed by atoms with van der Waals surface area (Å²) in [5.41, 5.74) is 9.96. The average molecular weight is 390 g/mol. The van der Waals surface area contributed by atoms with E-state index in [0.717, 1.165) is 19.3 Å². The lowest BCUT2D eigenvalue weighted by Gasteiger charge is -2.17. The number of nitrogens with two attached hydrogens (primary N) is 2. The molecule has 0 radical (unpaired) electrons. The Kier molecular flexibility index (Phi) is 15.8. The molecule has 0 unspecified atom stereocenters. The zero-order valence-electron chi connectivity index (χ0n) is 16.4. The molecule has 3 amide bonds. The van der Waals surface area contributed by atoms with E-state index in [-0.39, 0.29) is 11.8 Å². The van der Waals surface area contributed by atoms with Gasteiger partial charge in [-0.05, 0) is 25.2 Å². The second-order valence-corrected chi connectivity index (χ2v) is 6.46. The molecule has 0 aromatic heterocycles. The molecule has 10 heteroatoms. The van der Waals surface area contributed by atoms with Crippen molar-refractivity contribution in [3.8, 4) is 0 Å². The summed E-state index contributed by atoms with van der Waals surface area (Å²) < 4.78 is 0. The second kappa shape index (κ2) is 15.9. The fraction of sp³-hybridized carbons (Fsp3) is 0.765. The Balaban J connectivity index is 0. The summed E-state index contributed by atoms with van der Waals surface area (Å²) in [4.78, 5) is 42.5. The summed E-state index contributed by atoms with van der Waals surface area (Å²) in [5, 5.41) is 22.1. The minimum Gasteiger partial charge on any atom is -0.480 e. The Labute approximate surface area is 160 Å². The van der Waals surface area contributed by atoms with E-state index in [9.17, 15) is 19.2 Å². The van der Waals surface area contributed by atoms with Crippen LogP contribution in [0, 0.1) is 5.92 Å². The number of carbonyl (C=O) groups is 4. The Hall–Kier alpha value is -2.36. The van der Waals surface area contributed by atoms with E-state index in [4.69, 9.17) is 21.7 Å². The van der Waals surface area contributed by atoms with E-state index in [1.807, 2.05) is 0 Å². The third-order valence-corrected chi connectivity index (χ3v) is 3.56. The molecule has 0 fully saturated rings. The van der Waals surface area contributed by atoms with Gasteiger partial charge in [0.05, 0.1) is 0 Å². The van der Waals surface area contributed by atoms with E-state index in [2.05, 4.69) is 17.6 Å². The number of unbranched alkanes of at least 4 members (excludes halogenated alkanes) is 2. The lowest BCUT2D eigenvalue weighted by atomic mass is 10.0. The Morgan fingerprint density at radius 2 is 1.59 bits per heavy atom. The summed E-state index contributed by atoms with van der Waals surface area (Å²) in [6.07, 6.45) is 4.15. The third kappa shape index (κ3) is 16.8. The van der Waals surface area contributed by atoms with Crippen molar-refractivity contribution in [1.82, 2.24) is 10.6 Å². The molecule has 0 aromatic carbocycles. The van der Waals surface area contributed by atoms with Gasteiger partial charge < -0.3 is 32.3 Å². The van der Waals surface area contributed by atoms with Gasteiger partial charge in [-0.25, -0.2) is 9.59 Å². The van der Waals surface area contributed by atoms with Gasteiger partial charge in [0.25, 0.3) is 0 Å². The van der Waals surface area contributed by atoms with Gasteiger partial charge in [-0.1, -0.05) is 33.6 Å². The van der Waals surface area contributed by atoms with Crippen LogP contribution in [0.5, 0.6) is 0 Å². The van der Waals surface area contributed by atoms with Crippen molar-refractivity contribution in [3.05, 3.63) is 0 Å². The molecule has 0 aliphatic rings. The van der Waals surface area contributed by atoms with Crippen LogP contribution in [0.25, 0.3) is 0 Å². The van der Waals surface area contributed by atoms with Gasteiger partial charge in [-0.3, -0.25) is 9.59 Å². The molecule has 0 saturated carbocycles. The molecule has 0 spiro atoms. The molecular formula is C17H34N4O6. The minimum absolute atomic E-state index is 0.0855. The Bertz CT molecular complexity index is 470. The quantitative estimate of drug-likeness (QED) is 0.264. The number of aliphatic carboxylic acids is 2. The van der Waals surface area contributed by atoms with Crippen LogP contribution in [-0.4, -0.2) is 52.7 Å². The maximum absolute atomic E-state index is 11.4. The van der Waals surface area contributed by atoms with Gasteiger partial charge in [0, 0.05) is 13.0 Å². The van der Waals surface area contributed by atoms with E-state index < -0.39 is 30.1 Å². The molecule has 2 atom stereocenters. The van der Waals surface area contributed by atoms with Crippen molar-refractivity contribution in [2.24, 2.45) is 17.4 Å². The Morgan fingerprint density at radius 1 is 1.00 bits per heavy atom. The van der Waals surface area contributed by atoms with Crippen molar-refractivity contribution in [3.63, 3.8) is 0 Å². The van der Waals surface area contributed by atoms with Gasteiger partial charge >= 0.3 is 18.0 Å². The molecule has 27 heavy (non-hydrogen) atoms. The fourth-order valence-corrected chi connectivity index (χ4v) is 1.95. The normalized spacial score (nSPS) is 12.3. The number of carboxylic acid groups (broad SMARTS) is 2. The highest BCUT2D eigenvalue weighted by Crippen LogP contribution is 2.04. The van der Waals surface area contributed by atoms with Crippen molar-refractivity contribution in [1.29, 1.82) is 0 Å². The number of nitrogens with one attached hydrogen (secondary N) is 2. The summed E-state index contributed by atoms with van der Waals surface area (Å²) in [6, 6.07) is -2.24. The second-order valence-electron chi connectivity index (χ2n) is 6.46. The first-order chi connectivity index (χ1) is 12.5. The van der Waals surface area contributed by atoms with Crippen LogP contribution in [0.15, 0.2) is 0 Å². The lowest BCUT2D eigenvalue weighted by molar-refractivity contribution is -0.143.